The molecule has 2 aromatic rings. The van der Waals surface area contributed by atoms with Gasteiger partial charge >= 0.3 is 0 Å². The molecule has 1 aliphatic rings. The third kappa shape index (κ3) is 5.01. The number of hydrogen-bond donors (Lipinski definition) is 1. The number of sulfonamides is 1. The van der Waals surface area contributed by atoms with Crippen molar-refractivity contribution in [2.75, 3.05) is 13.1 Å². The summed E-state index contributed by atoms with van der Waals surface area (Å²) in [5.41, 5.74) is 1.09. The molecule has 0 saturated carbocycles. The molecule has 0 radical (unpaired) electrons. The fourth-order valence-corrected chi connectivity index (χ4v) is 6.31. The summed E-state index contributed by atoms with van der Waals surface area (Å²) < 4.78 is 27.4. The maximum Gasteiger partial charge on any atom is 0.252 e. The van der Waals surface area contributed by atoms with Gasteiger partial charge in [-0.15, -0.1) is 11.3 Å². The smallest absolute Gasteiger partial charge is 0.252 e. The van der Waals surface area contributed by atoms with Crippen LogP contribution in [0.3, 0.4) is 0 Å². The first kappa shape index (κ1) is 21.0. The van der Waals surface area contributed by atoms with Crippen molar-refractivity contribution in [2.45, 2.75) is 43.4 Å². The van der Waals surface area contributed by atoms with E-state index in [2.05, 4.69) is 19.2 Å². The van der Waals surface area contributed by atoms with Crippen molar-refractivity contribution >= 4 is 27.3 Å². The van der Waals surface area contributed by atoms with E-state index < -0.39 is 10.0 Å². The van der Waals surface area contributed by atoms with Crippen LogP contribution in [0.15, 0.2) is 52.1 Å². The molecule has 1 saturated heterocycles. The van der Waals surface area contributed by atoms with Crippen molar-refractivity contribution in [1.29, 1.82) is 0 Å². The average Bonchev–Trinajstić information content (AvgIpc) is 3.23. The Morgan fingerprint density at radius 1 is 1.21 bits per heavy atom. The van der Waals surface area contributed by atoms with Crippen molar-refractivity contribution < 1.29 is 13.2 Å². The minimum Gasteiger partial charge on any atom is -0.349 e. The van der Waals surface area contributed by atoms with Crippen LogP contribution >= 0.6 is 11.3 Å². The molecule has 2 heterocycles. The summed E-state index contributed by atoms with van der Waals surface area (Å²) in [5, 5.41) is 4.94. The van der Waals surface area contributed by atoms with Crippen LogP contribution in [0, 0.1) is 11.8 Å². The molecule has 2 atom stereocenters. The number of rotatable bonds is 7. The Balaban J connectivity index is 1.70. The lowest BCUT2D eigenvalue weighted by molar-refractivity contribution is -0.127. The van der Waals surface area contributed by atoms with Gasteiger partial charge in [0.15, 0.2) is 0 Å². The topological polar surface area (TPSA) is 66.5 Å². The molecule has 1 aromatic carbocycles. The second-order valence-corrected chi connectivity index (χ2v) is 10.8. The molecule has 7 heteroatoms. The maximum atomic E-state index is 13.0. The quantitative estimate of drug-likeness (QED) is 0.735. The number of nitrogens with zero attached hydrogens (tertiary/aromatic N) is 1. The van der Waals surface area contributed by atoms with Gasteiger partial charge in [-0.3, -0.25) is 4.79 Å². The van der Waals surface area contributed by atoms with E-state index in [1.807, 2.05) is 30.3 Å². The van der Waals surface area contributed by atoms with E-state index in [1.165, 1.54) is 15.6 Å². The summed E-state index contributed by atoms with van der Waals surface area (Å²) in [4.78, 5) is 13.0. The zero-order chi connectivity index (χ0) is 20.1. The van der Waals surface area contributed by atoms with Crippen molar-refractivity contribution in [1.82, 2.24) is 9.62 Å². The van der Waals surface area contributed by atoms with E-state index in [9.17, 15) is 13.2 Å². The molecule has 0 bridgehead atoms. The predicted octanol–water partition coefficient (Wildman–Crippen LogP) is 4.05. The minimum atomic E-state index is -3.51. The predicted molar refractivity (Wildman–Crippen MR) is 113 cm³/mol. The normalized spacial score (nSPS) is 19.5. The van der Waals surface area contributed by atoms with Crippen LogP contribution in [0.5, 0.6) is 0 Å². The van der Waals surface area contributed by atoms with Gasteiger partial charge in [-0.1, -0.05) is 50.2 Å². The molecular weight excluding hydrogens is 392 g/mol. The monoisotopic (exact) mass is 420 g/mol. The second-order valence-electron chi connectivity index (χ2n) is 7.74. The summed E-state index contributed by atoms with van der Waals surface area (Å²) in [7, 11) is -3.51. The van der Waals surface area contributed by atoms with Crippen LogP contribution in [-0.4, -0.2) is 31.7 Å². The van der Waals surface area contributed by atoms with Gasteiger partial charge in [0.1, 0.15) is 4.21 Å². The van der Waals surface area contributed by atoms with E-state index in [0.717, 1.165) is 12.0 Å². The first-order valence-electron chi connectivity index (χ1n) is 9.77. The molecule has 1 amide bonds. The van der Waals surface area contributed by atoms with E-state index in [1.54, 1.807) is 17.5 Å². The molecule has 1 aliphatic heterocycles. The highest BCUT2D eigenvalue weighted by atomic mass is 32.2. The Kier molecular flexibility index (Phi) is 6.91. The summed E-state index contributed by atoms with van der Waals surface area (Å²) in [6.45, 7) is 4.99. The Morgan fingerprint density at radius 3 is 2.61 bits per heavy atom. The molecule has 3 rings (SSSR count). The lowest BCUT2D eigenvalue weighted by Crippen LogP contribution is -2.46. The number of thiophene rings is 1. The van der Waals surface area contributed by atoms with Gasteiger partial charge in [0.2, 0.25) is 5.91 Å². The number of carbonyl (C=O) groups excluding carboxylic acids is 1. The van der Waals surface area contributed by atoms with Gasteiger partial charge in [0.25, 0.3) is 10.0 Å². The highest BCUT2D eigenvalue weighted by Gasteiger charge is 2.34. The molecule has 1 fully saturated rings. The van der Waals surface area contributed by atoms with Crippen molar-refractivity contribution in [3.05, 3.63) is 53.4 Å². The van der Waals surface area contributed by atoms with Gasteiger partial charge in [-0.2, -0.15) is 4.31 Å². The number of piperidine rings is 1. The zero-order valence-corrected chi connectivity index (χ0v) is 18.0. The first-order valence-corrected chi connectivity index (χ1v) is 12.1. The largest absolute Gasteiger partial charge is 0.349 e. The lowest BCUT2D eigenvalue weighted by atomic mass is 9.94. The van der Waals surface area contributed by atoms with Gasteiger partial charge in [-0.05, 0) is 42.2 Å². The Labute approximate surface area is 171 Å². The second kappa shape index (κ2) is 9.20. The zero-order valence-electron chi connectivity index (χ0n) is 16.4. The van der Waals surface area contributed by atoms with E-state index in [0.29, 0.717) is 29.5 Å². The van der Waals surface area contributed by atoms with Gasteiger partial charge in [0.05, 0.1) is 12.0 Å². The fraction of sp³-hybridized carbons (Fsp3) is 0.476. The molecule has 0 spiro atoms. The van der Waals surface area contributed by atoms with Crippen LogP contribution in [0.1, 0.15) is 44.7 Å². The molecule has 1 N–H and O–H groups in total. The fourth-order valence-electron chi connectivity index (χ4n) is 3.64. The van der Waals surface area contributed by atoms with Crippen LogP contribution in [0.25, 0.3) is 0 Å². The number of amides is 1. The van der Waals surface area contributed by atoms with E-state index in [4.69, 9.17) is 0 Å². The van der Waals surface area contributed by atoms with E-state index >= 15 is 0 Å². The summed E-state index contributed by atoms with van der Waals surface area (Å²) in [6.07, 6.45) is 2.26. The van der Waals surface area contributed by atoms with Crippen LogP contribution in [-0.2, 0) is 14.8 Å². The first-order chi connectivity index (χ1) is 13.4. The van der Waals surface area contributed by atoms with Crippen LogP contribution < -0.4 is 5.32 Å². The van der Waals surface area contributed by atoms with Crippen LogP contribution in [0.4, 0.5) is 0 Å². The molecule has 5 nitrogen and oxygen atoms in total. The number of benzene rings is 1. The number of nitrogens with one attached hydrogen (secondary N) is 1. The Bertz CT molecular complexity index is 864. The molecule has 1 aromatic heterocycles. The molecular formula is C21H28N2O3S2. The lowest BCUT2D eigenvalue weighted by Gasteiger charge is -2.32. The third-order valence-electron chi connectivity index (χ3n) is 5.07. The van der Waals surface area contributed by atoms with Crippen LogP contribution in [0.2, 0.25) is 0 Å². The molecule has 28 heavy (non-hydrogen) atoms. The van der Waals surface area contributed by atoms with E-state index in [-0.39, 0.29) is 24.4 Å². The van der Waals surface area contributed by atoms with Gasteiger partial charge in [0, 0.05) is 13.1 Å². The SMILES string of the molecule is CC(C)C[C@H](NC(=O)[C@@H]1CCCN(S(=O)(=O)c2cccs2)C1)c1ccccc1. The third-order valence-corrected chi connectivity index (χ3v) is 8.31. The average molecular weight is 421 g/mol. The Morgan fingerprint density at radius 2 is 1.96 bits per heavy atom. The minimum absolute atomic E-state index is 0.0550. The van der Waals surface area contributed by atoms with Crippen molar-refractivity contribution in [2.24, 2.45) is 11.8 Å². The van der Waals surface area contributed by atoms with Crippen molar-refractivity contribution in [3.63, 3.8) is 0 Å². The number of carbonyl (C=O) groups is 1. The molecule has 0 aliphatic carbocycles. The molecule has 0 unspecified atom stereocenters. The maximum absolute atomic E-state index is 13.0. The summed E-state index contributed by atoms with van der Waals surface area (Å²) in [6, 6.07) is 13.3. The summed E-state index contributed by atoms with van der Waals surface area (Å²) >= 11 is 1.22. The van der Waals surface area contributed by atoms with Gasteiger partial charge < -0.3 is 5.32 Å². The standard InChI is InChI=1S/C21H28N2O3S2/c1-16(2)14-19(17-8-4-3-5-9-17)22-21(24)18-10-6-12-23(15-18)28(25,26)20-11-7-13-27-20/h3-5,7-9,11,13,16,18-19H,6,10,12,14-15H2,1-2H3,(H,22,24)/t18-,19+/m1/s1. The highest BCUT2D eigenvalue weighted by molar-refractivity contribution is 7.91. The summed E-state index contributed by atoms with van der Waals surface area (Å²) in [5.74, 6) is 0.0648. The Hall–Kier alpha value is -1.70. The van der Waals surface area contributed by atoms with Gasteiger partial charge in [-0.25, -0.2) is 8.42 Å². The van der Waals surface area contributed by atoms with Crippen molar-refractivity contribution in [3.8, 4) is 0 Å². The number of hydrogen-bond acceptors (Lipinski definition) is 4. The highest BCUT2D eigenvalue weighted by Crippen LogP contribution is 2.28. The molecule has 152 valence electrons.